The van der Waals surface area contributed by atoms with Crippen molar-refractivity contribution in [2.45, 2.75) is 19.6 Å². The molecule has 1 N–H and O–H groups in total. The van der Waals surface area contributed by atoms with Crippen molar-refractivity contribution in [1.82, 2.24) is 10.3 Å². The van der Waals surface area contributed by atoms with Crippen LogP contribution in [0.1, 0.15) is 9.88 Å². The van der Waals surface area contributed by atoms with Gasteiger partial charge in [0.1, 0.15) is 0 Å². The third kappa shape index (κ3) is 3.53. The average molecular weight is 228 g/mol. The van der Waals surface area contributed by atoms with Crippen molar-refractivity contribution in [3.63, 3.8) is 0 Å². The standard InChI is InChI=1S/C10H16N2O2S/c1-8-12-6-10(15-8)5-11-4-9-7-13-2-3-14-9/h6,9,11H,2-5,7H2,1H3. The van der Waals surface area contributed by atoms with Gasteiger partial charge in [0.2, 0.25) is 0 Å². The lowest BCUT2D eigenvalue weighted by molar-refractivity contribution is -0.0864. The molecule has 1 unspecified atom stereocenters. The zero-order chi connectivity index (χ0) is 10.5. The molecule has 84 valence electrons. The Labute approximate surface area is 93.6 Å². The number of hydrogen-bond donors (Lipinski definition) is 1. The average Bonchev–Trinajstić information content (AvgIpc) is 2.66. The summed E-state index contributed by atoms with van der Waals surface area (Å²) in [5.74, 6) is 0. The van der Waals surface area contributed by atoms with Crippen molar-refractivity contribution in [3.8, 4) is 0 Å². The highest BCUT2D eigenvalue weighted by atomic mass is 32.1. The molecule has 1 aliphatic heterocycles. The van der Waals surface area contributed by atoms with Gasteiger partial charge in [0.25, 0.3) is 0 Å². The van der Waals surface area contributed by atoms with Crippen LogP contribution in [0.3, 0.4) is 0 Å². The molecule has 1 saturated heterocycles. The Bertz CT molecular complexity index is 297. The lowest BCUT2D eigenvalue weighted by atomic mass is 10.3. The zero-order valence-corrected chi connectivity index (χ0v) is 9.68. The summed E-state index contributed by atoms with van der Waals surface area (Å²) < 4.78 is 10.8. The van der Waals surface area contributed by atoms with Crippen LogP contribution < -0.4 is 5.32 Å². The van der Waals surface area contributed by atoms with Gasteiger partial charge in [-0.1, -0.05) is 0 Å². The smallest absolute Gasteiger partial charge is 0.0933 e. The van der Waals surface area contributed by atoms with Gasteiger partial charge in [-0.3, -0.25) is 0 Å². The SMILES string of the molecule is Cc1ncc(CNCC2COCCO2)s1. The van der Waals surface area contributed by atoms with E-state index in [0.29, 0.717) is 13.2 Å². The summed E-state index contributed by atoms with van der Waals surface area (Å²) in [6.07, 6.45) is 2.12. The molecule has 0 spiro atoms. The fraction of sp³-hybridized carbons (Fsp3) is 0.700. The third-order valence-corrected chi connectivity index (χ3v) is 3.14. The summed E-state index contributed by atoms with van der Waals surface area (Å²) in [5, 5.41) is 4.46. The van der Waals surface area contributed by atoms with Gasteiger partial charge in [-0.25, -0.2) is 4.98 Å². The first-order chi connectivity index (χ1) is 7.34. The molecule has 0 aliphatic carbocycles. The minimum absolute atomic E-state index is 0.202. The van der Waals surface area contributed by atoms with Gasteiger partial charge in [-0.2, -0.15) is 0 Å². The summed E-state index contributed by atoms with van der Waals surface area (Å²) in [6.45, 7) is 5.87. The second-order valence-electron chi connectivity index (χ2n) is 3.54. The zero-order valence-electron chi connectivity index (χ0n) is 8.86. The van der Waals surface area contributed by atoms with Crippen LogP contribution in [-0.4, -0.2) is 37.5 Å². The molecule has 1 aromatic rings. The Hall–Kier alpha value is -0.490. The van der Waals surface area contributed by atoms with Crippen LogP contribution in [-0.2, 0) is 16.0 Å². The molecular formula is C10H16N2O2S. The lowest BCUT2D eigenvalue weighted by Gasteiger charge is -2.22. The highest BCUT2D eigenvalue weighted by Gasteiger charge is 2.13. The summed E-state index contributed by atoms with van der Waals surface area (Å²) in [7, 11) is 0. The highest BCUT2D eigenvalue weighted by molar-refractivity contribution is 7.11. The molecular weight excluding hydrogens is 212 g/mol. The molecule has 0 aromatic carbocycles. The predicted molar refractivity (Wildman–Crippen MR) is 59.1 cm³/mol. The van der Waals surface area contributed by atoms with E-state index in [-0.39, 0.29) is 6.10 Å². The summed E-state index contributed by atoms with van der Waals surface area (Å²) in [6, 6.07) is 0. The summed E-state index contributed by atoms with van der Waals surface area (Å²) in [5.41, 5.74) is 0. The molecule has 0 bridgehead atoms. The molecule has 5 heteroatoms. The first-order valence-electron chi connectivity index (χ1n) is 5.16. The maximum atomic E-state index is 5.52. The van der Waals surface area contributed by atoms with Gasteiger partial charge in [0.15, 0.2) is 0 Å². The molecule has 0 amide bonds. The van der Waals surface area contributed by atoms with Crippen LogP contribution in [0, 0.1) is 6.92 Å². The quantitative estimate of drug-likeness (QED) is 0.833. The second-order valence-corrected chi connectivity index (χ2v) is 4.86. The largest absolute Gasteiger partial charge is 0.376 e. The lowest BCUT2D eigenvalue weighted by Crippen LogP contribution is -2.37. The van der Waals surface area contributed by atoms with Gasteiger partial charge in [0, 0.05) is 24.2 Å². The molecule has 1 aliphatic rings. The van der Waals surface area contributed by atoms with E-state index in [2.05, 4.69) is 10.3 Å². The predicted octanol–water partition coefficient (Wildman–Crippen LogP) is 0.957. The minimum atomic E-state index is 0.202. The second kappa shape index (κ2) is 5.55. The maximum Gasteiger partial charge on any atom is 0.0933 e. The van der Waals surface area contributed by atoms with Gasteiger partial charge >= 0.3 is 0 Å². The number of thiazole rings is 1. The fourth-order valence-corrected chi connectivity index (χ4v) is 2.26. The number of aryl methyl sites for hydroxylation is 1. The van der Waals surface area contributed by atoms with Crippen molar-refractivity contribution in [2.75, 3.05) is 26.4 Å². The van der Waals surface area contributed by atoms with Crippen molar-refractivity contribution >= 4 is 11.3 Å². The van der Waals surface area contributed by atoms with E-state index >= 15 is 0 Å². The third-order valence-electron chi connectivity index (χ3n) is 2.23. The Kier molecular flexibility index (Phi) is 4.08. The van der Waals surface area contributed by atoms with E-state index in [0.717, 1.165) is 24.7 Å². The van der Waals surface area contributed by atoms with Gasteiger partial charge in [0.05, 0.1) is 30.9 Å². The molecule has 2 heterocycles. The number of ether oxygens (including phenoxy) is 2. The van der Waals surface area contributed by atoms with Crippen LogP contribution in [0.5, 0.6) is 0 Å². The first kappa shape index (κ1) is 11.0. The molecule has 2 rings (SSSR count). The van der Waals surface area contributed by atoms with Crippen molar-refractivity contribution in [3.05, 3.63) is 16.1 Å². The molecule has 1 fully saturated rings. The van der Waals surface area contributed by atoms with E-state index in [1.54, 1.807) is 11.3 Å². The first-order valence-corrected chi connectivity index (χ1v) is 5.97. The van der Waals surface area contributed by atoms with Gasteiger partial charge in [-0.05, 0) is 6.92 Å². The van der Waals surface area contributed by atoms with Crippen molar-refractivity contribution in [2.24, 2.45) is 0 Å². The molecule has 0 saturated carbocycles. The Morgan fingerprint density at radius 3 is 3.20 bits per heavy atom. The summed E-state index contributed by atoms with van der Waals surface area (Å²) >= 11 is 1.73. The maximum absolute atomic E-state index is 5.52. The monoisotopic (exact) mass is 228 g/mol. The number of nitrogens with one attached hydrogen (secondary N) is 1. The highest BCUT2D eigenvalue weighted by Crippen LogP contribution is 2.10. The number of hydrogen-bond acceptors (Lipinski definition) is 5. The van der Waals surface area contributed by atoms with Crippen LogP contribution in [0.15, 0.2) is 6.20 Å². The fourth-order valence-electron chi connectivity index (χ4n) is 1.50. The topological polar surface area (TPSA) is 43.4 Å². The van der Waals surface area contributed by atoms with Gasteiger partial charge in [-0.15, -0.1) is 11.3 Å². The Balaban J connectivity index is 1.65. The van der Waals surface area contributed by atoms with Crippen LogP contribution in [0.4, 0.5) is 0 Å². The minimum Gasteiger partial charge on any atom is -0.376 e. The number of nitrogens with zero attached hydrogens (tertiary/aromatic N) is 1. The van der Waals surface area contributed by atoms with E-state index in [1.165, 1.54) is 4.88 Å². The number of aromatic nitrogens is 1. The molecule has 1 aromatic heterocycles. The van der Waals surface area contributed by atoms with Crippen LogP contribution in [0.2, 0.25) is 0 Å². The van der Waals surface area contributed by atoms with E-state index in [9.17, 15) is 0 Å². The van der Waals surface area contributed by atoms with Crippen LogP contribution >= 0.6 is 11.3 Å². The van der Waals surface area contributed by atoms with E-state index < -0.39 is 0 Å². The van der Waals surface area contributed by atoms with Crippen molar-refractivity contribution in [1.29, 1.82) is 0 Å². The van der Waals surface area contributed by atoms with Gasteiger partial charge < -0.3 is 14.8 Å². The molecule has 0 radical (unpaired) electrons. The number of rotatable bonds is 4. The van der Waals surface area contributed by atoms with Crippen molar-refractivity contribution < 1.29 is 9.47 Å². The van der Waals surface area contributed by atoms with E-state index in [4.69, 9.17) is 9.47 Å². The van der Waals surface area contributed by atoms with E-state index in [1.807, 2.05) is 13.1 Å². The van der Waals surface area contributed by atoms with Crippen LogP contribution in [0.25, 0.3) is 0 Å². The molecule has 4 nitrogen and oxygen atoms in total. The normalized spacial score (nSPS) is 21.8. The Morgan fingerprint density at radius 2 is 2.53 bits per heavy atom. The molecule has 15 heavy (non-hydrogen) atoms. The Morgan fingerprint density at radius 1 is 1.60 bits per heavy atom. The summed E-state index contributed by atoms with van der Waals surface area (Å²) in [4.78, 5) is 5.47. The molecule has 1 atom stereocenters.